The minimum atomic E-state index is 0.389. The summed E-state index contributed by atoms with van der Waals surface area (Å²) in [6, 6.07) is 6.46. The van der Waals surface area contributed by atoms with E-state index in [2.05, 4.69) is 17.3 Å². The van der Waals surface area contributed by atoms with Crippen LogP contribution in [-0.4, -0.2) is 6.54 Å². The molecule has 0 amide bonds. The lowest BCUT2D eigenvalue weighted by atomic mass is 10.1. The maximum atomic E-state index is 6.10. The minimum absolute atomic E-state index is 0.389. The third-order valence-corrected chi connectivity index (χ3v) is 3.02. The van der Waals surface area contributed by atoms with Crippen molar-refractivity contribution in [2.45, 2.75) is 18.9 Å². The molecule has 0 heterocycles. The molecule has 1 nitrogen and oxygen atoms in total. The van der Waals surface area contributed by atoms with Crippen LogP contribution in [0.1, 0.15) is 23.6 Å². The van der Waals surface area contributed by atoms with Crippen molar-refractivity contribution in [3.05, 3.63) is 34.3 Å². The largest absolute Gasteiger partial charge is 0.299 e. The topological polar surface area (TPSA) is 12.0 Å². The lowest BCUT2D eigenvalue weighted by Crippen LogP contribution is -2.19. The molecule has 0 fully saturated rings. The number of fused-ring (bicyclic) bond motifs is 1. The first-order chi connectivity index (χ1) is 6.83. The second-order valence-electron chi connectivity index (χ2n) is 3.48. The summed E-state index contributed by atoms with van der Waals surface area (Å²) in [6.07, 6.45) is 7.37. The minimum Gasteiger partial charge on any atom is -0.299 e. The van der Waals surface area contributed by atoms with Crippen LogP contribution < -0.4 is 5.32 Å². The maximum absolute atomic E-state index is 6.10. The SMILES string of the molecule is C#CCNC1CCc2c(Cl)cccc21. The summed E-state index contributed by atoms with van der Waals surface area (Å²) in [6.45, 7) is 0.622. The van der Waals surface area contributed by atoms with Gasteiger partial charge < -0.3 is 0 Å². The highest BCUT2D eigenvalue weighted by Gasteiger charge is 2.22. The molecule has 0 aromatic heterocycles. The Labute approximate surface area is 89.5 Å². The van der Waals surface area contributed by atoms with Gasteiger partial charge >= 0.3 is 0 Å². The van der Waals surface area contributed by atoms with Crippen LogP contribution in [0.4, 0.5) is 0 Å². The van der Waals surface area contributed by atoms with Gasteiger partial charge in [-0.2, -0.15) is 0 Å². The lowest BCUT2D eigenvalue weighted by molar-refractivity contribution is 0.568. The van der Waals surface area contributed by atoms with Gasteiger partial charge in [-0.15, -0.1) is 6.42 Å². The second kappa shape index (κ2) is 4.04. The van der Waals surface area contributed by atoms with Gasteiger partial charge in [-0.25, -0.2) is 0 Å². The van der Waals surface area contributed by atoms with Crippen molar-refractivity contribution >= 4 is 11.6 Å². The Morgan fingerprint density at radius 1 is 1.57 bits per heavy atom. The van der Waals surface area contributed by atoms with Crippen LogP contribution in [0.25, 0.3) is 0 Å². The summed E-state index contributed by atoms with van der Waals surface area (Å²) >= 11 is 6.10. The van der Waals surface area contributed by atoms with E-state index in [0.717, 1.165) is 17.9 Å². The molecule has 1 aliphatic rings. The monoisotopic (exact) mass is 205 g/mol. The highest BCUT2D eigenvalue weighted by Crippen LogP contribution is 2.35. The quantitative estimate of drug-likeness (QED) is 0.732. The summed E-state index contributed by atoms with van der Waals surface area (Å²) in [5, 5.41) is 4.20. The van der Waals surface area contributed by atoms with Crippen molar-refractivity contribution in [3.8, 4) is 12.3 Å². The van der Waals surface area contributed by atoms with Gasteiger partial charge in [0, 0.05) is 11.1 Å². The van der Waals surface area contributed by atoms with E-state index in [0.29, 0.717) is 12.6 Å². The van der Waals surface area contributed by atoms with E-state index in [4.69, 9.17) is 18.0 Å². The molecule has 1 aromatic carbocycles. The lowest BCUT2D eigenvalue weighted by Gasteiger charge is -2.11. The molecule has 2 rings (SSSR count). The molecular formula is C12H12ClN. The van der Waals surface area contributed by atoms with Crippen molar-refractivity contribution in [1.29, 1.82) is 0 Å². The normalized spacial score (nSPS) is 19.0. The van der Waals surface area contributed by atoms with Gasteiger partial charge in [0.1, 0.15) is 0 Å². The zero-order valence-electron chi connectivity index (χ0n) is 7.89. The average Bonchev–Trinajstić information content (AvgIpc) is 2.60. The van der Waals surface area contributed by atoms with Crippen LogP contribution in [0.3, 0.4) is 0 Å². The number of halogens is 1. The summed E-state index contributed by atoms with van der Waals surface area (Å²) < 4.78 is 0. The summed E-state index contributed by atoms with van der Waals surface area (Å²) in [7, 11) is 0. The molecule has 2 heteroatoms. The van der Waals surface area contributed by atoms with Crippen LogP contribution >= 0.6 is 11.6 Å². The van der Waals surface area contributed by atoms with Crippen LogP contribution in [0, 0.1) is 12.3 Å². The van der Waals surface area contributed by atoms with Gasteiger partial charge in [0.25, 0.3) is 0 Å². The maximum Gasteiger partial charge on any atom is 0.0578 e. The smallest absolute Gasteiger partial charge is 0.0578 e. The van der Waals surface area contributed by atoms with Gasteiger partial charge in [0.05, 0.1) is 6.54 Å². The first-order valence-electron chi connectivity index (χ1n) is 4.77. The van der Waals surface area contributed by atoms with Crippen molar-refractivity contribution in [1.82, 2.24) is 5.32 Å². The predicted octanol–water partition coefficient (Wildman–Crippen LogP) is 2.55. The van der Waals surface area contributed by atoms with Gasteiger partial charge in [-0.3, -0.25) is 5.32 Å². The number of benzene rings is 1. The zero-order valence-corrected chi connectivity index (χ0v) is 8.64. The zero-order chi connectivity index (χ0) is 9.97. The number of terminal acetylenes is 1. The highest BCUT2D eigenvalue weighted by molar-refractivity contribution is 6.31. The van der Waals surface area contributed by atoms with E-state index < -0.39 is 0 Å². The van der Waals surface area contributed by atoms with E-state index in [-0.39, 0.29) is 0 Å². The second-order valence-corrected chi connectivity index (χ2v) is 3.89. The Kier molecular flexibility index (Phi) is 2.77. The van der Waals surface area contributed by atoms with Crippen molar-refractivity contribution < 1.29 is 0 Å². The Morgan fingerprint density at radius 2 is 2.43 bits per heavy atom. The van der Waals surface area contributed by atoms with E-state index in [1.807, 2.05) is 12.1 Å². The highest BCUT2D eigenvalue weighted by atomic mass is 35.5. The Bertz CT molecular complexity index is 378. The van der Waals surface area contributed by atoms with Crippen molar-refractivity contribution in [3.63, 3.8) is 0 Å². The van der Waals surface area contributed by atoms with Gasteiger partial charge in [0.2, 0.25) is 0 Å². The van der Waals surface area contributed by atoms with Gasteiger partial charge in [-0.05, 0) is 30.0 Å². The molecule has 0 saturated carbocycles. The number of hydrogen-bond acceptors (Lipinski definition) is 1. The summed E-state index contributed by atoms with van der Waals surface area (Å²) in [4.78, 5) is 0. The fourth-order valence-electron chi connectivity index (χ4n) is 2.00. The van der Waals surface area contributed by atoms with Gasteiger partial charge in [0.15, 0.2) is 0 Å². The van der Waals surface area contributed by atoms with Gasteiger partial charge in [-0.1, -0.05) is 29.7 Å². The van der Waals surface area contributed by atoms with E-state index >= 15 is 0 Å². The first-order valence-corrected chi connectivity index (χ1v) is 5.15. The number of rotatable bonds is 2. The molecule has 0 radical (unpaired) electrons. The number of nitrogens with one attached hydrogen (secondary N) is 1. The standard InChI is InChI=1S/C12H12ClN/c1-2-8-14-12-7-6-9-10(12)4-3-5-11(9)13/h1,3-5,12,14H,6-8H2. The van der Waals surface area contributed by atoms with Crippen molar-refractivity contribution in [2.24, 2.45) is 0 Å². The molecule has 1 N–H and O–H groups in total. The summed E-state index contributed by atoms with van der Waals surface area (Å²) in [5.41, 5.74) is 2.59. The Morgan fingerprint density at radius 3 is 3.21 bits per heavy atom. The Balaban J connectivity index is 2.23. The molecule has 1 aromatic rings. The average molecular weight is 206 g/mol. The summed E-state index contributed by atoms with van der Waals surface area (Å²) in [5.74, 6) is 2.60. The van der Waals surface area contributed by atoms with Crippen LogP contribution in [0.15, 0.2) is 18.2 Å². The molecule has 0 saturated heterocycles. The molecule has 1 unspecified atom stereocenters. The third-order valence-electron chi connectivity index (χ3n) is 2.66. The molecule has 0 spiro atoms. The first kappa shape index (κ1) is 9.58. The Hall–Kier alpha value is -0.970. The molecule has 14 heavy (non-hydrogen) atoms. The van der Waals surface area contributed by atoms with Crippen LogP contribution in [0.5, 0.6) is 0 Å². The predicted molar refractivity (Wildman–Crippen MR) is 59.3 cm³/mol. The van der Waals surface area contributed by atoms with Crippen LogP contribution in [-0.2, 0) is 6.42 Å². The molecule has 1 atom stereocenters. The van der Waals surface area contributed by atoms with Crippen molar-refractivity contribution in [2.75, 3.05) is 6.54 Å². The fourth-order valence-corrected chi connectivity index (χ4v) is 2.28. The van der Waals surface area contributed by atoms with E-state index in [9.17, 15) is 0 Å². The van der Waals surface area contributed by atoms with E-state index in [1.165, 1.54) is 11.1 Å². The number of hydrogen-bond donors (Lipinski definition) is 1. The molecule has 0 bridgehead atoms. The molecule has 1 aliphatic carbocycles. The third kappa shape index (κ3) is 1.64. The van der Waals surface area contributed by atoms with E-state index in [1.54, 1.807) is 0 Å². The fraction of sp³-hybridized carbons (Fsp3) is 0.333. The molecule has 72 valence electrons. The van der Waals surface area contributed by atoms with Crippen LogP contribution in [0.2, 0.25) is 5.02 Å². The molecular weight excluding hydrogens is 194 g/mol. The molecule has 0 aliphatic heterocycles.